The van der Waals surface area contributed by atoms with Crippen molar-refractivity contribution in [3.63, 3.8) is 0 Å². The molecule has 1 N–H and O–H groups in total. The van der Waals surface area contributed by atoms with Crippen molar-refractivity contribution in [1.29, 1.82) is 5.26 Å². The summed E-state index contributed by atoms with van der Waals surface area (Å²) in [6.07, 6.45) is 3.99. The highest BCUT2D eigenvalue weighted by atomic mass is 19.3. The molecule has 142 valence electrons. The number of fused-ring (bicyclic) bond motifs is 1. The van der Waals surface area contributed by atoms with Gasteiger partial charge in [-0.05, 0) is 31.0 Å². The fourth-order valence-electron chi connectivity index (χ4n) is 3.48. The quantitative estimate of drug-likeness (QED) is 0.838. The number of nitriles is 1. The van der Waals surface area contributed by atoms with Crippen LogP contribution in [0.3, 0.4) is 0 Å². The Morgan fingerprint density at radius 2 is 2.26 bits per heavy atom. The second-order valence-electron chi connectivity index (χ2n) is 6.82. The molecule has 1 atom stereocenters. The lowest BCUT2D eigenvalue weighted by Gasteiger charge is -2.33. The van der Waals surface area contributed by atoms with Crippen LogP contribution in [-0.2, 0) is 4.74 Å². The highest BCUT2D eigenvalue weighted by molar-refractivity contribution is 5.94. The van der Waals surface area contributed by atoms with E-state index in [-0.39, 0.29) is 11.9 Å². The zero-order valence-electron chi connectivity index (χ0n) is 14.7. The van der Waals surface area contributed by atoms with E-state index in [0.29, 0.717) is 41.3 Å². The Labute approximate surface area is 155 Å². The lowest BCUT2D eigenvalue weighted by Crippen LogP contribution is -2.46. The summed E-state index contributed by atoms with van der Waals surface area (Å²) in [5.74, 6) is 0.0336. The minimum atomic E-state index is -2.91. The Morgan fingerprint density at radius 3 is 3.00 bits per heavy atom. The van der Waals surface area contributed by atoms with Gasteiger partial charge in [-0.1, -0.05) is 0 Å². The van der Waals surface area contributed by atoms with E-state index in [4.69, 9.17) is 4.74 Å². The zero-order chi connectivity index (χ0) is 18.8. The van der Waals surface area contributed by atoms with Gasteiger partial charge in [0.05, 0.1) is 29.5 Å². The number of rotatable bonds is 6. The summed E-state index contributed by atoms with van der Waals surface area (Å²) in [4.78, 5) is 6.67. The molecule has 2 aromatic rings. The minimum Gasteiger partial charge on any atom is -0.435 e. The summed E-state index contributed by atoms with van der Waals surface area (Å²) in [6.45, 7) is 0.114. The summed E-state index contributed by atoms with van der Waals surface area (Å²) in [7, 11) is 0. The highest BCUT2D eigenvalue weighted by Gasteiger charge is 2.32. The molecule has 1 aliphatic carbocycles. The van der Waals surface area contributed by atoms with E-state index >= 15 is 0 Å². The molecule has 1 saturated carbocycles. The molecular formula is C19H20F2N4O2. The van der Waals surface area contributed by atoms with Gasteiger partial charge in [-0.2, -0.15) is 14.0 Å². The number of alkyl halides is 2. The summed E-state index contributed by atoms with van der Waals surface area (Å²) < 4.78 is 35.4. The van der Waals surface area contributed by atoms with Crippen LogP contribution < -0.4 is 10.1 Å². The molecule has 2 heterocycles. The molecule has 2 fully saturated rings. The molecule has 1 unspecified atom stereocenters. The molecule has 0 spiro atoms. The predicted octanol–water partition coefficient (Wildman–Crippen LogP) is 2.98. The van der Waals surface area contributed by atoms with Crippen LogP contribution in [-0.4, -0.2) is 54.9 Å². The van der Waals surface area contributed by atoms with Gasteiger partial charge in [-0.3, -0.25) is 9.88 Å². The number of halogens is 2. The van der Waals surface area contributed by atoms with Crippen LogP contribution in [0.1, 0.15) is 18.4 Å². The van der Waals surface area contributed by atoms with E-state index in [1.54, 1.807) is 6.07 Å². The minimum absolute atomic E-state index is 0.00889. The topological polar surface area (TPSA) is 70.4 Å². The average molecular weight is 374 g/mol. The number of nitrogens with zero attached hydrogens (tertiary/aromatic N) is 3. The van der Waals surface area contributed by atoms with Gasteiger partial charge in [0.2, 0.25) is 0 Å². The third-order valence-electron chi connectivity index (χ3n) is 4.93. The predicted molar refractivity (Wildman–Crippen MR) is 95.9 cm³/mol. The van der Waals surface area contributed by atoms with E-state index in [9.17, 15) is 14.0 Å². The van der Waals surface area contributed by atoms with Crippen LogP contribution >= 0.6 is 0 Å². The fourth-order valence-corrected chi connectivity index (χ4v) is 3.48. The molecule has 1 aliphatic heterocycles. The summed E-state index contributed by atoms with van der Waals surface area (Å²) in [6, 6.07) is 7.31. The van der Waals surface area contributed by atoms with Crippen molar-refractivity contribution in [3.05, 3.63) is 30.0 Å². The first-order chi connectivity index (χ1) is 13.1. The van der Waals surface area contributed by atoms with Crippen molar-refractivity contribution in [3.8, 4) is 11.8 Å². The molecule has 0 radical (unpaired) electrons. The maximum absolute atomic E-state index is 12.5. The fraction of sp³-hybridized carbons (Fsp3) is 0.474. The molecule has 0 amide bonds. The van der Waals surface area contributed by atoms with Crippen molar-refractivity contribution in [1.82, 2.24) is 9.88 Å². The van der Waals surface area contributed by atoms with Crippen LogP contribution in [0.5, 0.6) is 5.75 Å². The maximum atomic E-state index is 12.5. The second-order valence-corrected chi connectivity index (χ2v) is 6.82. The number of aromatic nitrogens is 1. The maximum Gasteiger partial charge on any atom is 0.387 e. The Bertz CT molecular complexity index is 867. The van der Waals surface area contributed by atoms with E-state index < -0.39 is 6.61 Å². The number of nitrogens with one attached hydrogen (secondary N) is 1. The Balaban J connectivity index is 1.56. The van der Waals surface area contributed by atoms with Crippen molar-refractivity contribution >= 4 is 16.6 Å². The molecule has 0 bridgehead atoms. The van der Waals surface area contributed by atoms with E-state index in [0.717, 1.165) is 13.1 Å². The van der Waals surface area contributed by atoms with Crippen LogP contribution in [0.4, 0.5) is 14.5 Å². The largest absolute Gasteiger partial charge is 0.435 e. The SMILES string of the molecule is N#Cc1cnc2ccc(OC(F)F)cc2c1NCC1CN(C2CC2)CCO1. The van der Waals surface area contributed by atoms with Crippen molar-refractivity contribution in [2.75, 3.05) is 31.6 Å². The van der Waals surface area contributed by atoms with Crippen molar-refractivity contribution < 1.29 is 18.3 Å². The molecule has 2 aliphatic rings. The first-order valence-electron chi connectivity index (χ1n) is 9.01. The van der Waals surface area contributed by atoms with Gasteiger partial charge >= 0.3 is 6.61 Å². The number of benzene rings is 1. The molecule has 1 saturated heterocycles. The van der Waals surface area contributed by atoms with Crippen molar-refractivity contribution in [2.45, 2.75) is 31.6 Å². The van der Waals surface area contributed by atoms with Crippen LogP contribution in [0.25, 0.3) is 10.9 Å². The molecule has 6 nitrogen and oxygen atoms in total. The number of hydrogen-bond donors (Lipinski definition) is 1. The lowest BCUT2D eigenvalue weighted by molar-refractivity contribution is -0.0497. The summed E-state index contributed by atoms with van der Waals surface area (Å²) in [5.41, 5.74) is 1.52. The molecule has 1 aromatic carbocycles. The first kappa shape index (κ1) is 17.9. The number of morpholine rings is 1. The van der Waals surface area contributed by atoms with Gasteiger partial charge in [-0.15, -0.1) is 0 Å². The van der Waals surface area contributed by atoms with Gasteiger partial charge in [0.1, 0.15) is 11.8 Å². The van der Waals surface area contributed by atoms with Crippen molar-refractivity contribution in [2.24, 2.45) is 0 Å². The Morgan fingerprint density at radius 1 is 1.41 bits per heavy atom. The van der Waals surface area contributed by atoms with Gasteiger partial charge < -0.3 is 14.8 Å². The smallest absolute Gasteiger partial charge is 0.387 e. The van der Waals surface area contributed by atoms with Gasteiger partial charge in [0, 0.05) is 37.3 Å². The summed E-state index contributed by atoms with van der Waals surface area (Å²) in [5, 5.41) is 13.3. The average Bonchev–Trinajstić information content (AvgIpc) is 3.51. The van der Waals surface area contributed by atoms with Crippen LogP contribution in [0, 0.1) is 11.3 Å². The molecule has 27 heavy (non-hydrogen) atoms. The van der Waals surface area contributed by atoms with E-state index in [1.807, 2.05) is 0 Å². The molecule has 4 rings (SSSR count). The second kappa shape index (κ2) is 7.62. The van der Waals surface area contributed by atoms with E-state index in [1.165, 1.54) is 31.2 Å². The standard InChI is InChI=1S/C19H20F2N4O2/c20-19(21)27-14-3-4-17-16(7-14)18(12(8-22)9-23-17)24-10-15-11-25(5-6-26-15)13-1-2-13/h3-4,7,9,13,15,19H,1-2,5-6,10-11H2,(H,23,24). The first-order valence-corrected chi connectivity index (χ1v) is 9.01. The monoisotopic (exact) mass is 374 g/mol. The third kappa shape index (κ3) is 4.10. The van der Waals surface area contributed by atoms with Gasteiger partial charge in [0.15, 0.2) is 0 Å². The van der Waals surface area contributed by atoms with Crippen LogP contribution in [0.15, 0.2) is 24.4 Å². The Kier molecular flexibility index (Phi) is 5.05. The van der Waals surface area contributed by atoms with Crippen LogP contribution in [0.2, 0.25) is 0 Å². The third-order valence-corrected chi connectivity index (χ3v) is 4.93. The molecular weight excluding hydrogens is 354 g/mol. The number of hydrogen-bond acceptors (Lipinski definition) is 6. The summed E-state index contributed by atoms with van der Waals surface area (Å²) >= 11 is 0. The lowest BCUT2D eigenvalue weighted by atomic mass is 10.1. The highest BCUT2D eigenvalue weighted by Crippen LogP contribution is 2.31. The van der Waals surface area contributed by atoms with Gasteiger partial charge in [0.25, 0.3) is 0 Å². The normalized spacial score (nSPS) is 20.6. The molecule has 8 heteroatoms. The van der Waals surface area contributed by atoms with E-state index in [2.05, 4.69) is 26.0 Å². The Hall–Kier alpha value is -2.50. The number of anilines is 1. The molecule has 1 aromatic heterocycles. The number of pyridine rings is 1. The van der Waals surface area contributed by atoms with Gasteiger partial charge in [-0.25, -0.2) is 0 Å². The number of ether oxygens (including phenoxy) is 2. The zero-order valence-corrected chi connectivity index (χ0v) is 14.7.